The number of benzene rings is 2. The molecule has 124 valence electrons. The summed E-state index contributed by atoms with van der Waals surface area (Å²) in [5, 5.41) is 9.23. The first-order valence-corrected chi connectivity index (χ1v) is 7.65. The highest BCUT2D eigenvalue weighted by molar-refractivity contribution is 5.65. The van der Waals surface area contributed by atoms with Gasteiger partial charge in [0, 0.05) is 12.1 Å². The predicted octanol–water partition coefficient (Wildman–Crippen LogP) is 3.39. The van der Waals surface area contributed by atoms with E-state index in [0.29, 0.717) is 24.6 Å². The van der Waals surface area contributed by atoms with Gasteiger partial charge in [0.25, 0.3) is 0 Å². The molecule has 0 bridgehead atoms. The molecule has 0 spiro atoms. The van der Waals surface area contributed by atoms with Crippen LogP contribution in [0.2, 0.25) is 0 Å². The summed E-state index contributed by atoms with van der Waals surface area (Å²) in [5.74, 6) is 0.556. The van der Waals surface area contributed by atoms with Crippen molar-refractivity contribution < 1.29 is 9.84 Å². The molecule has 24 heavy (non-hydrogen) atoms. The van der Waals surface area contributed by atoms with Gasteiger partial charge in [-0.25, -0.2) is 0 Å². The van der Waals surface area contributed by atoms with E-state index in [9.17, 15) is 5.11 Å². The second-order valence-electron chi connectivity index (χ2n) is 5.28. The minimum Gasteiger partial charge on any atom is -0.508 e. The molecule has 0 saturated carbocycles. The highest BCUT2D eigenvalue weighted by Crippen LogP contribution is 2.12. The first kappa shape index (κ1) is 17.2. The van der Waals surface area contributed by atoms with Crippen molar-refractivity contribution in [3.63, 3.8) is 0 Å². The minimum absolute atomic E-state index is 0.251. The highest BCUT2D eigenvalue weighted by Gasteiger charge is 1.97. The van der Waals surface area contributed by atoms with Crippen LogP contribution in [0.3, 0.4) is 0 Å². The Labute approximate surface area is 142 Å². The lowest BCUT2D eigenvalue weighted by atomic mass is 10.1. The third-order valence-electron chi connectivity index (χ3n) is 3.50. The molecule has 0 aliphatic heterocycles. The van der Waals surface area contributed by atoms with Crippen LogP contribution < -0.4 is 11.5 Å². The number of aromatic hydroxyl groups is 1. The van der Waals surface area contributed by atoms with Crippen molar-refractivity contribution in [2.24, 2.45) is 11.5 Å². The Bertz CT molecular complexity index is 729. The highest BCUT2D eigenvalue weighted by atomic mass is 16.5. The van der Waals surface area contributed by atoms with E-state index in [2.05, 4.69) is 6.58 Å². The molecular weight excluding hydrogens is 300 g/mol. The van der Waals surface area contributed by atoms with Gasteiger partial charge in [-0.05, 0) is 41.0 Å². The van der Waals surface area contributed by atoms with Gasteiger partial charge >= 0.3 is 0 Å². The summed E-state index contributed by atoms with van der Waals surface area (Å²) in [5.41, 5.74) is 15.5. The maximum atomic E-state index is 9.23. The Morgan fingerprint density at radius 2 is 1.67 bits per heavy atom. The van der Waals surface area contributed by atoms with Crippen molar-refractivity contribution in [2.45, 2.75) is 6.42 Å². The normalized spacial score (nSPS) is 12.0. The fourth-order valence-electron chi connectivity index (χ4n) is 2.08. The van der Waals surface area contributed by atoms with E-state index >= 15 is 0 Å². The number of rotatable bonds is 7. The average Bonchev–Trinajstić information content (AvgIpc) is 2.61. The lowest BCUT2D eigenvalue weighted by Crippen LogP contribution is -2.06. The molecule has 0 aromatic heterocycles. The number of allylic oxidation sites excluding steroid dienone is 2. The first-order valence-electron chi connectivity index (χ1n) is 7.65. The average molecular weight is 322 g/mol. The molecule has 4 heteroatoms. The first-order chi connectivity index (χ1) is 11.6. The van der Waals surface area contributed by atoms with E-state index in [1.54, 1.807) is 30.4 Å². The van der Waals surface area contributed by atoms with Crippen LogP contribution in [-0.2, 0) is 11.2 Å². The van der Waals surface area contributed by atoms with Crippen LogP contribution >= 0.6 is 0 Å². The molecule has 0 fully saturated rings. The summed E-state index contributed by atoms with van der Waals surface area (Å²) in [6.45, 7) is 4.17. The molecule has 2 aromatic carbocycles. The molecule has 0 atom stereocenters. The summed E-state index contributed by atoms with van der Waals surface area (Å²) < 4.78 is 5.46. The Morgan fingerprint density at radius 3 is 2.29 bits per heavy atom. The Kier molecular flexibility index (Phi) is 6.08. The standard InChI is InChI=1S/C20H22N2O2/c1-2-15-3-7-17(8-4-15)19(21)11-12-20(22)24-14-13-16-5-9-18(23)10-6-16/h2-12,23H,1,13-14,21-22H2/b19-11-,20-12+. The number of phenolic OH excluding ortho intramolecular Hbond substituents is 1. The minimum atomic E-state index is 0.251. The summed E-state index contributed by atoms with van der Waals surface area (Å²) in [6, 6.07) is 14.8. The molecule has 0 unspecified atom stereocenters. The van der Waals surface area contributed by atoms with E-state index < -0.39 is 0 Å². The molecule has 0 amide bonds. The third-order valence-corrected chi connectivity index (χ3v) is 3.50. The SMILES string of the molecule is C=Cc1ccc(/C(N)=C/C=C(\N)OCCc2ccc(O)cc2)cc1. The van der Waals surface area contributed by atoms with Crippen LogP contribution in [-0.4, -0.2) is 11.7 Å². The Balaban J connectivity index is 1.87. The van der Waals surface area contributed by atoms with Gasteiger partial charge in [-0.15, -0.1) is 0 Å². The largest absolute Gasteiger partial charge is 0.508 e. The number of hydrogen-bond donors (Lipinski definition) is 3. The van der Waals surface area contributed by atoms with Gasteiger partial charge in [0.2, 0.25) is 0 Å². The molecule has 4 nitrogen and oxygen atoms in total. The van der Waals surface area contributed by atoms with Crippen LogP contribution in [0.25, 0.3) is 11.8 Å². The van der Waals surface area contributed by atoms with Crippen molar-refractivity contribution in [1.82, 2.24) is 0 Å². The lowest BCUT2D eigenvalue weighted by molar-refractivity contribution is 0.213. The molecule has 0 aliphatic rings. The zero-order chi connectivity index (χ0) is 17.4. The van der Waals surface area contributed by atoms with E-state index in [0.717, 1.165) is 16.7 Å². The van der Waals surface area contributed by atoms with Gasteiger partial charge in [0.05, 0.1) is 6.61 Å². The summed E-state index contributed by atoms with van der Waals surface area (Å²) in [7, 11) is 0. The van der Waals surface area contributed by atoms with Crippen LogP contribution in [0.4, 0.5) is 0 Å². The molecule has 5 N–H and O–H groups in total. The molecule has 0 radical (unpaired) electrons. The van der Waals surface area contributed by atoms with Crippen molar-refractivity contribution in [1.29, 1.82) is 0 Å². The van der Waals surface area contributed by atoms with Crippen LogP contribution in [0.5, 0.6) is 5.75 Å². The van der Waals surface area contributed by atoms with Gasteiger partial charge in [0.1, 0.15) is 5.75 Å². The van der Waals surface area contributed by atoms with E-state index in [1.165, 1.54) is 0 Å². The molecule has 2 aromatic rings. The molecule has 0 aliphatic carbocycles. The fourth-order valence-corrected chi connectivity index (χ4v) is 2.08. The quantitative estimate of drug-likeness (QED) is 0.539. The monoisotopic (exact) mass is 322 g/mol. The summed E-state index contributed by atoms with van der Waals surface area (Å²) in [6.07, 6.45) is 5.85. The van der Waals surface area contributed by atoms with Crippen molar-refractivity contribution in [3.8, 4) is 5.75 Å². The van der Waals surface area contributed by atoms with Crippen LogP contribution in [0, 0.1) is 0 Å². The van der Waals surface area contributed by atoms with Gasteiger partial charge in [0.15, 0.2) is 5.88 Å². The van der Waals surface area contributed by atoms with Gasteiger partial charge in [-0.1, -0.05) is 49.1 Å². The van der Waals surface area contributed by atoms with Crippen molar-refractivity contribution >= 4 is 11.8 Å². The van der Waals surface area contributed by atoms with Crippen LogP contribution in [0.15, 0.2) is 73.1 Å². The second kappa shape index (κ2) is 8.48. The van der Waals surface area contributed by atoms with Crippen molar-refractivity contribution in [2.75, 3.05) is 6.61 Å². The molecule has 0 heterocycles. The smallest absolute Gasteiger partial charge is 0.183 e. The van der Waals surface area contributed by atoms with Crippen LogP contribution in [0.1, 0.15) is 16.7 Å². The maximum Gasteiger partial charge on any atom is 0.183 e. The number of hydrogen-bond acceptors (Lipinski definition) is 4. The van der Waals surface area contributed by atoms with E-state index in [4.69, 9.17) is 16.2 Å². The van der Waals surface area contributed by atoms with Gasteiger partial charge in [-0.2, -0.15) is 0 Å². The zero-order valence-electron chi connectivity index (χ0n) is 13.5. The van der Waals surface area contributed by atoms with E-state index in [1.807, 2.05) is 36.4 Å². The zero-order valence-corrected chi connectivity index (χ0v) is 13.5. The predicted molar refractivity (Wildman–Crippen MR) is 98.7 cm³/mol. The Hall–Kier alpha value is -3.14. The molecule has 0 saturated heterocycles. The van der Waals surface area contributed by atoms with E-state index in [-0.39, 0.29) is 5.75 Å². The number of nitrogens with two attached hydrogens (primary N) is 2. The molecule has 2 rings (SSSR count). The van der Waals surface area contributed by atoms with Gasteiger partial charge < -0.3 is 21.3 Å². The topological polar surface area (TPSA) is 81.5 Å². The number of phenols is 1. The maximum absolute atomic E-state index is 9.23. The molecular formula is C20H22N2O2. The number of ether oxygens (including phenoxy) is 1. The second-order valence-corrected chi connectivity index (χ2v) is 5.28. The lowest BCUT2D eigenvalue weighted by Gasteiger charge is -2.06. The third kappa shape index (κ3) is 5.25. The summed E-state index contributed by atoms with van der Waals surface area (Å²) >= 11 is 0. The van der Waals surface area contributed by atoms with Crippen molar-refractivity contribution in [3.05, 3.63) is 89.8 Å². The Morgan fingerprint density at radius 1 is 1.00 bits per heavy atom. The van der Waals surface area contributed by atoms with Gasteiger partial charge in [-0.3, -0.25) is 0 Å². The fraction of sp³-hybridized carbons (Fsp3) is 0.100. The summed E-state index contributed by atoms with van der Waals surface area (Å²) in [4.78, 5) is 0.